The van der Waals surface area contributed by atoms with Crippen molar-refractivity contribution in [3.8, 4) is 17.1 Å². The van der Waals surface area contributed by atoms with E-state index in [4.69, 9.17) is 21.3 Å². The van der Waals surface area contributed by atoms with Crippen molar-refractivity contribution >= 4 is 22.6 Å². The van der Waals surface area contributed by atoms with Crippen LogP contribution in [0.2, 0.25) is 5.02 Å². The molecule has 4 heterocycles. The Labute approximate surface area is 154 Å². The molecule has 0 saturated carbocycles. The molecule has 7 heteroatoms. The quantitative estimate of drug-likeness (QED) is 0.515. The van der Waals surface area contributed by atoms with Gasteiger partial charge in [-0.15, -0.1) is 10.2 Å². The highest BCUT2D eigenvalue weighted by Crippen LogP contribution is 2.50. The predicted molar refractivity (Wildman–Crippen MR) is 97.6 cm³/mol. The van der Waals surface area contributed by atoms with E-state index in [1.165, 1.54) is 0 Å². The zero-order valence-corrected chi connectivity index (χ0v) is 14.7. The minimum absolute atomic E-state index is 0.0897. The third-order valence-corrected chi connectivity index (χ3v) is 5.85. The lowest BCUT2D eigenvalue weighted by Crippen LogP contribution is -2.11. The molecule has 6 rings (SSSR count). The lowest BCUT2D eigenvalue weighted by molar-refractivity contribution is 0.415. The largest absolute Gasteiger partial charge is 0.497 e. The molecule has 0 radical (unpaired) electrons. The van der Waals surface area contributed by atoms with Crippen molar-refractivity contribution < 1.29 is 4.74 Å². The van der Waals surface area contributed by atoms with E-state index in [0.717, 1.165) is 51.0 Å². The Morgan fingerprint density at radius 1 is 1.19 bits per heavy atom. The first kappa shape index (κ1) is 14.3. The second-order valence-electron chi connectivity index (χ2n) is 6.72. The first-order valence-corrected chi connectivity index (χ1v) is 8.88. The fraction of sp³-hybridized carbons (Fsp3) is 0.211. The number of hydrogen-bond acceptors (Lipinski definition) is 4. The second kappa shape index (κ2) is 4.86. The molecule has 2 aromatic heterocycles. The Morgan fingerprint density at radius 3 is 3.00 bits per heavy atom. The van der Waals surface area contributed by atoms with Crippen LogP contribution in [0.25, 0.3) is 22.4 Å². The average Bonchev–Trinajstić information content (AvgIpc) is 3.32. The summed E-state index contributed by atoms with van der Waals surface area (Å²) in [6.07, 6.45) is 2.68. The number of ether oxygens (including phenoxy) is 1. The van der Waals surface area contributed by atoms with Gasteiger partial charge in [0.1, 0.15) is 17.9 Å². The number of aromatic nitrogens is 5. The molecule has 128 valence electrons. The number of imidazole rings is 1. The third-order valence-electron chi connectivity index (χ3n) is 5.52. The van der Waals surface area contributed by atoms with Crippen molar-refractivity contribution in [2.45, 2.75) is 18.5 Å². The van der Waals surface area contributed by atoms with Gasteiger partial charge in [0, 0.05) is 28.6 Å². The van der Waals surface area contributed by atoms with Crippen LogP contribution in [-0.4, -0.2) is 31.4 Å². The average molecular weight is 364 g/mol. The number of methoxy groups -OCH3 is 1. The maximum Gasteiger partial charge on any atom is 0.164 e. The molecule has 0 unspecified atom stereocenters. The number of benzene rings is 2. The molecule has 2 aromatic carbocycles. The van der Waals surface area contributed by atoms with Crippen LogP contribution in [0.3, 0.4) is 0 Å². The Bertz CT molecular complexity index is 1190. The van der Waals surface area contributed by atoms with Crippen LogP contribution < -0.4 is 4.74 Å². The second-order valence-corrected chi connectivity index (χ2v) is 7.13. The smallest absolute Gasteiger partial charge is 0.164 e. The summed E-state index contributed by atoms with van der Waals surface area (Å²) in [6.45, 7) is 0. The number of hydrogen-bond donors (Lipinski definition) is 0. The SMILES string of the molecule is COc1ccc2nc3n(c2c1)[C@H]1C[C@H]3n2cnnc2-c2cccc(Cl)c21. The molecule has 6 nitrogen and oxygen atoms in total. The van der Waals surface area contributed by atoms with Gasteiger partial charge in [-0.05, 0) is 18.2 Å². The highest BCUT2D eigenvalue weighted by atomic mass is 35.5. The minimum atomic E-state index is 0.0897. The molecule has 0 saturated heterocycles. The van der Waals surface area contributed by atoms with Gasteiger partial charge in [0.05, 0.1) is 30.2 Å². The molecule has 2 aliphatic heterocycles. The fourth-order valence-electron chi connectivity index (χ4n) is 4.42. The zero-order chi connectivity index (χ0) is 17.4. The van der Waals surface area contributed by atoms with E-state index in [2.05, 4.69) is 25.4 Å². The maximum atomic E-state index is 6.67. The summed E-state index contributed by atoms with van der Waals surface area (Å²) in [5.41, 5.74) is 4.15. The van der Waals surface area contributed by atoms with E-state index in [0.29, 0.717) is 0 Å². The zero-order valence-electron chi connectivity index (χ0n) is 13.9. The van der Waals surface area contributed by atoms with E-state index in [9.17, 15) is 0 Å². The Hall–Kier alpha value is -2.86. The number of fused-ring (bicyclic) bond motifs is 6. The standard InChI is InChI=1S/C19H14ClN5O/c1-26-10-5-6-13-14(7-10)25-15-8-16(19(25)22-13)24-9-21-23-18(24)11-3-2-4-12(20)17(11)15/h2-7,9,15-16H,8H2,1H3/t15-,16+/m0/s1. The fourth-order valence-corrected chi connectivity index (χ4v) is 4.72. The maximum absolute atomic E-state index is 6.67. The van der Waals surface area contributed by atoms with Gasteiger partial charge in [-0.2, -0.15) is 0 Å². The molecule has 0 fully saturated rings. The summed E-state index contributed by atoms with van der Waals surface area (Å²) in [6, 6.07) is 12.2. The highest BCUT2D eigenvalue weighted by Gasteiger charge is 2.42. The van der Waals surface area contributed by atoms with Gasteiger partial charge in [0.25, 0.3) is 0 Å². The van der Waals surface area contributed by atoms with E-state index in [-0.39, 0.29) is 12.1 Å². The van der Waals surface area contributed by atoms with Crippen molar-refractivity contribution in [2.75, 3.05) is 7.11 Å². The molecule has 26 heavy (non-hydrogen) atoms. The first-order valence-electron chi connectivity index (χ1n) is 8.50. The van der Waals surface area contributed by atoms with E-state index >= 15 is 0 Å². The predicted octanol–water partition coefficient (Wildman–Crippen LogP) is 3.85. The van der Waals surface area contributed by atoms with Gasteiger partial charge >= 0.3 is 0 Å². The van der Waals surface area contributed by atoms with Crippen LogP contribution in [0, 0.1) is 0 Å². The van der Waals surface area contributed by atoms with Gasteiger partial charge in [-0.25, -0.2) is 4.98 Å². The van der Waals surface area contributed by atoms with Crippen molar-refractivity contribution in [3.05, 3.63) is 59.1 Å². The molecule has 4 aromatic rings. The van der Waals surface area contributed by atoms with E-state index in [1.54, 1.807) is 13.4 Å². The van der Waals surface area contributed by atoms with Crippen molar-refractivity contribution in [1.29, 1.82) is 0 Å². The molecule has 0 aliphatic carbocycles. The number of halogens is 1. The molecule has 2 bridgehead atoms. The third kappa shape index (κ3) is 1.65. The van der Waals surface area contributed by atoms with E-state index < -0.39 is 0 Å². The van der Waals surface area contributed by atoms with Crippen LogP contribution >= 0.6 is 11.6 Å². The summed E-state index contributed by atoms with van der Waals surface area (Å²) in [4.78, 5) is 4.92. The molecule has 0 N–H and O–H groups in total. The molecule has 0 amide bonds. The van der Waals surface area contributed by atoms with Crippen LogP contribution in [0.1, 0.15) is 29.9 Å². The van der Waals surface area contributed by atoms with Gasteiger partial charge in [-0.3, -0.25) is 0 Å². The van der Waals surface area contributed by atoms with Gasteiger partial charge in [0.2, 0.25) is 0 Å². The van der Waals surface area contributed by atoms with Crippen LogP contribution in [0.4, 0.5) is 0 Å². The Kier molecular flexibility index (Phi) is 2.68. The number of nitrogens with zero attached hydrogens (tertiary/aromatic N) is 5. The Balaban J connectivity index is 1.74. The topological polar surface area (TPSA) is 57.8 Å². The highest BCUT2D eigenvalue weighted by molar-refractivity contribution is 6.31. The summed E-state index contributed by atoms with van der Waals surface area (Å²) in [7, 11) is 1.68. The summed E-state index contributed by atoms with van der Waals surface area (Å²) in [5.74, 6) is 2.69. The molecule has 2 aliphatic rings. The Morgan fingerprint density at radius 2 is 2.12 bits per heavy atom. The normalized spacial score (nSPS) is 19.8. The lowest BCUT2D eigenvalue weighted by Gasteiger charge is -2.19. The summed E-state index contributed by atoms with van der Waals surface area (Å²) in [5, 5.41) is 9.28. The summed E-state index contributed by atoms with van der Waals surface area (Å²) >= 11 is 6.67. The first-order chi connectivity index (χ1) is 12.8. The number of rotatable bonds is 1. The molecular formula is C19H14ClN5O. The van der Waals surface area contributed by atoms with Crippen molar-refractivity contribution in [2.24, 2.45) is 0 Å². The molecular weight excluding hydrogens is 350 g/mol. The van der Waals surface area contributed by atoms with Crippen LogP contribution in [-0.2, 0) is 0 Å². The molecule has 2 atom stereocenters. The van der Waals surface area contributed by atoms with Gasteiger partial charge < -0.3 is 13.9 Å². The van der Waals surface area contributed by atoms with E-state index in [1.807, 2.05) is 30.3 Å². The van der Waals surface area contributed by atoms with Gasteiger partial charge in [0.15, 0.2) is 5.82 Å². The molecule has 0 spiro atoms. The van der Waals surface area contributed by atoms with Crippen LogP contribution in [0.5, 0.6) is 5.75 Å². The van der Waals surface area contributed by atoms with Crippen molar-refractivity contribution in [3.63, 3.8) is 0 Å². The minimum Gasteiger partial charge on any atom is -0.497 e. The van der Waals surface area contributed by atoms with Gasteiger partial charge in [-0.1, -0.05) is 23.7 Å². The van der Waals surface area contributed by atoms with Crippen LogP contribution in [0.15, 0.2) is 42.7 Å². The monoisotopic (exact) mass is 363 g/mol. The summed E-state index contributed by atoms with van der Waals surface area (Å²) < 4.78 is 9.86. The lowest BCUT2D eigenvalue weighted by atomic mass is 9.98. The van der Waals surface area contributed by atoms with Crippen molar-refractivity contribution in [1.82, 2.24) is 24.3 Å².